The minimum atomic E-state index is -3.77. The minimum absolute atomic E-state index is 0.183. The molecule has 0 radical (unpaired) electrons. The Morgan fingerprint density at radius 3 is 2.63 bits per heavy atom. The smallest absolute Gasteiger partial charge is 0.295 e. The second kappa shape index (κ2) is 5.15. The molecular formula is C12H12N2O4S. The second-order valence-corrected chi connectivity index (χ2v) is 5.31. The van der Waals surface area contributed by atoms with Crippen molar-refractivity contribution in [3.63, 3.8) is 0 Å². The van der Waals surface area contributed by atoms with Crippen molar-refractivity contribution in [1.82, 2.24) is 5.32 Å². The summed E-state index contributed by atoms with van der Waals surface area (Å²) in [5.41, 5.74) is 0.652. The van der Waals surface area contributed by atoms with Gasteiger partial charge in [0, 0.05) is 18.3 Å². The number of carbonyl (C=O) groups excluding carboxylic acids is 1. The molecule has 1 amide bonds. The SMILES string of the molecule is CNC(=O)c1cccc(NS(=O)(=O)c2ccco2)c1. The Balaban J connectivity index is 2.27. The first kappa shape index (κ1) is 13.2. The van der Waals surface area contributed by atoms with Gasteiger partial charge in [-0.1, -0.05) is 6.07 Å². The second-order valence-electron chi connectivity index (χ2n) is 3.70. The highest BCUT2D eigenvalue weighted by Gasteiger charge is 2.17. The zero-order chi connectivity index (χ0) is 13.9. The van der Waals surface area contributed by atoms with Crippen LogP contribution in [0.4, 0.5) is 5.69 Å². The average molecular weight is 280 g/mol. The molecule has 0 unspecified atom stereocenters. The van der Waals surface area contributed by atoms with Gasteiger partial charge in [0.2, 0.25) is 5.09 Å². The van der Waals surface area contributed by atoms with Crippen LogP contribution in [0.1, 0.15) is 10.4 Å². The minimum Gasteiger partial charge on any atom is -0.451 e. The van der Waals surface area contributed by atoms with Gasteiger partial charge in [0.15, 0.2) is 0 Å². The third-order valence-corrected chi connectivity index (χ3v) is 3.63. The van der Waals surface area contributed by atoms with E-state index in [4.69, 9.17) is 4.42 Å². The van der Waals surface area contributed by atoms with Crippen LogP contribution in [0.25, 0.3) is 0 Å². The maximum atomic E-state index is 11.9. The maximum absolute atomic E-state index is 11.9. The summed E-state index contributed by atoms with van der Waals surface area (Å²) in [5.74, 6) is -0.293. The molecule has 1 aromatic heterocycles. The Hall–Kier alpha value is -2.28. The van der Waals surface area contributed by atoms with Crippen LogP contribution in [0.5, 0.6) is 0 Å². The molecular weight excluding hydrogens is 268 g/mol. The lowest BCUT2D eigenvalue weighted by atomic mass is 10.2. The molecule has 0 aliphatic heterocycles. The van der Waals surface area contributed by atoms with Crippen LogP contribution in [0.2, 0.25) is 0 Å². The van der Waals surface area contributed by atoms with E-state index in [0.29, 0.717) is 5.56 Å². The number of rotatable bonds is 4. The molecule has 19 heavy (non-hydrogen) atoms. The Labute approximate surface area is 110 Å². The fourth-order valence-corrected chi connectivity index (χ4v) is 2.47. The number of furan rings is 1. The molecule has 0 saturated heterocycles. The summed E-state index contributed by atoms with van der Waals surface area (Å²) in [6.07, 6.45) is 1.27. The summed E-state index contributed by atoms with van der Waals surface area (Å²) in [4.78, 5) is 11.5. The van der Waals surface area contributed by atoms with Gasteiger partial charge in [-0.25, -0.2) is 0 Å². The van der Waals surface area contributed by atoms with E-state index in [2.05, 4.69) is 10.0 Å². The third-order valence-electron chi connectivity index (χ3n) is 2.36. The van der Waals surface area contributed by atoms with E-state index in [1.165, 1.54) is 31.5 Å². The highest BCUT2D eigenvalue weighted by Crippen LogP contribution is 2.17. The van der Waals surface area contributed by atoms with Crippen LogP contribution in [0.15, 0.2) is 52.2 Å². The predicted octanol–water partition coefficient (Wildman–Crippen LogP) is 1.44. The maximum Gasteiger partial charge on any atom is 0.295 e. The molecule has 0 aliphatic rings. The van der Waals surface area contributed by atoms with Crippen LogP contribution < -0.4 is 10.0 Å². The van der Waals surface area contributed by atoms with Gasteiger partial charge in [-0.3, -0.25) is 9.52 Å². The zero-order valence-corrected chi connectivity index (χ0v) is 10.9. The van der Waals surface area contributed by atoms with Crippen LogP contribution in [0.3, 0.4) is 0 Å². The predicted molar refractivity (Wildman–Crippen MR) is 69.3 cm³/mol. The van der Waals surface area contributed by atoms with Gasteiger partial charge in [-0.2, -0.15) is 8.42 Å². The normalized spacial score (nSPS) is 11.0. The number of sulfonamides is 1. The molecule has 7 heteroatoms. The summed E-state index contributed by atoms with van der Waals surface area (Å²) in [7, 11) is -2.27. The lowest BCUT2D eigenvalue weighted by Gasteiger charge is -2.07. The number of benzene rings is 1. The van der Waals surface area contributed by atoms with Gasteiger partial charge in [0.25, 0.3) is 15.9 Å². The van der Waals surface area contributed by atoms with Crippen molar-refractivity contribution in [2.45, 2.75) is 5.09 Å². The molecule has 2 aromatic rings. The van der Waals surface area contributed by atoms with E-state index >= 15 is 0 Å². The van der Waals surface area contributed by atoms with Crippen molar-refractivity contribution in [3.05, 3.63) is 48.2 Å². The number of hydrogen-bond donors (Lipinski definition) is 2. The molecule has 0 bridgehead atoms. The Bertz CT molecular complexity index is 678. The molecule has 1 aromatic carbocycles. The Morgan fingerprint density at radius 2 is 2.00 bits per heavy atom. The topological polar surface area (TPSA) is 88.4 Å². The monoisotopic (exact) mass is 280 g/mol. The van der Waals surface area contributed by atoms with Gasteiger partial charge in [-0.15, -0.1) is 0 Å². The molecule has 0 atom stereocenters. The quantitative estimate of drug-likeness (QED) is 0.887. The van der Waals surface area contributed by atoms with Crippen molar-refractivity contribution in [2.24, 2.45) is 0 Å². The Morgan fingerprint density at radius 1 is 1.21 bits per heavy atom. The van der Waals surface area contributed by atoms with Crippen molar-refractivity contribution in [3.8, 4) is 0 Å². The van der Waals surface area contributed by atoms with E-state index in [1.54, 1.807) is 18.2 Å². The van der Waals surface area contributed by atoms with Gasteiger partial charge in [0.05, 0.1) is 6.26 Å². The first-order valence-electron chi connectivity index (χ1n) is 5.41. The number of carbonyl (C=O) groups is 1. The van der Waals surface area contributed by atoms with Gasteiger partial charge < -0.3 is 9.73 Å². The van der Waals surface area contributed by atoms with Gasteiger partial charge in [-0.05, 0) is 30.3 Å². The molecule has 6 nitrogen and oxygen atoms in total. The summed E-state index contributed by atoms with van der Waals surface area (Å²) < 4.78 is 31.0. The molecule has 0 spiro atoms. The molecule has 1 heterocycles. The van der Waals surface area contributed by atoms with Gasteiger partial charge >= 0.3 is 0 Å². The Kier molecular flexibility index (Phi) is 3.57. The molecule has 0 aliphatic carbocycles. The van der Waals surface area contributed by atoms with E-state index in [1.807, 2.05) is 0 Å². The average Bonchev–Trinajstić information content (AvgIpc) is 2.92. The van der Waals surface area contributed by atoms with Crippen LogP contribution >= 0.6 is 0 Å². The summed E-state index contributed by atoms with van der Waals surface area (Å²) in [6.45, 7) is 0. The fraction of sp³-hybridized carbons (Fsp3) is 0.0833. The van der Waals surface area contributed by atoms with E-state index in [0.717, 1.165) is 0 Å². The number of hydrogen-bond acceptors (Lipinski definition) is 4. The molecule has 0 fully saturated rings. The van der Waals surface area contributed by atoms with Crippen molar-refractivity contribution >= 4 is 21.6 Å². The first-order valence-corrected chi connectivity index (χ1v) is 6.90. The lowest BCUT2D eigenvalue weighted by Crippen LogP contribution is -2.18. The number of nitrogens with one attached hydrogen (secondary N) is 2. The molecule has 100 valence electrons. The van der Waals surface area contributed by atoms with Crippen molar-refractivity contribution < 1.29 is 17.6 Å². The van der Waals surface area contributed by atoms with Gasteiger partial charge in [0.1, 0.15) is 0 Å². The molecule has 2 rings (SSSR count). The van der Waals surface area contributed by atoms with E-state index in [9.17, 15) is 13.2 Å². The summed E-state index contributed by atoms with van der Waals surface area (Å²) >= 11 is 0. The number of anilines is 1. The fourth-order valence-electron chi connectivity index (χ4n) is 1.49. The van der Waals surface area contributed by atoms with E-state index < -0.39 is 10.0 Å². The van der Waals surface area contributed by atoms with Crippen molar-refractivity contribution in [1.29, 1.82) is 0 Å². The highest BCUT2D eigenvalue weighted by atomic mass is 32.2. The summed E-state index contributed by atoms with van der Waals surface area (Å²) in [5, 5.41) is 2.28. The van der Waals surface area contributed by atoms with Crippen LogP contribution in [-0.2, 0) is 10.0 Å². The van der Waals surface area contributed by atoms with Crippen LogP contribution in [-0.4, -0.2) is 21.4 Å². The number of amides is 1. The lowest BCUT2D eigenvalue weighted by molar-refractivity contribution is 0.0963. The van der Waals surface area contributed by atoms with Crippen molar-refractivity contribution in [2.75, 3.05) is 11.8 Å². The summed E-state index contributed by atoms with van der Waals surface area (Å²) in [6, 6.07) is 8.99. The molecule has 0 saturated carbocycles. The highest BCUT2D eigenvalue weighted by molar-refractivity contribution is 7.92. The zero-order valence-electron chi connectivity index (χ0n) is 10.1. The molecule has 2 N–H and O–H groups in total. The third kappa shape index (κ3) is 2.94. The standard InChI is InChI=1S/C12H12N2O4S/c1-13-12(15)9-4-2-5-10(8-9)14-19(16,17)11-6-3-7-18-11/h2-8,14H,1H3,(H,13,15). The van der Waals surface area contributed by atoms with E-state index in [-0.39, 0.29) is 16.7 Å². The largest absolute Gasteiger partial charge is 0.451 e. The first-order chi connectivity index (χ1) is 9.03. The van der Waals surface area contributed by atoms with Crippen LogP contribution in [0, 0.1) is 0 Å².